The number of nitrogens with zero attached hydrogens (tertiary/aromatic N) is 4. The SMILES string of the molecule is O=c1n(CCCOc2ccc(F)cc2)nnn1-c1ccccc1. The van der Waals surface area contributed by atoms with E-state index < -0.39 is 0 Å². The molecule has 0 saturated heterocycles. The molecule has 0 amide bonds. The maximum atomic E-state index is 12.8. The highest BCUT2D eigenvalue weighted by molar-refractivity contribution is 5.28. The maximum Gasteiger partial charge on any atom is 0.368 e. The zero-order chi connectivity index (χ0) is 16.1. The molecule has 23 heavy (non-hydrogen) atoms. The largest absolute Gasteiger partial charge is 0.494 e. The van der Waals surface area contributed by atoms with Gasteiger partial charge in [0, 0.05) is 6.42 Å². The predicted molar refractivity (Wildman–Crippen MR) is 82.1 cm³/mol. The summed E-state index contributed by atoms with van der Waals surface area (Å²) in [6.45, 7) is 0.795. The molecule has 0 saturated carbocycles. The van der Waals surface area contributed by atoms with Crippen LogP contribution in [0.15, 0.2) is 59.4 Å². The average Bonchev–Trinajstić information content (AvgIpc) is 2.95. The van der Waals surface area contributed by atoms with Crippen LogP contribution >= 0.6 is 0 Å². The highest BCUT2D eigenvalue weighted by Crippen LogP contribution is 2.11. The Kier molecular flexibility index (Phi) is 4.46. The molecular formula is C16H15FN4O2. The molecule has 0 aliphatic rings. The first kappa shape index (κ1) is 15.0. The first-order valence-electron chi connectivity index (χ1n) is 7.21. The molecular weight excluding hydrogens is 299 g/mol. The van der Waals surface area contributed by atoms with Crippen LogP contribution in [-0.2, 0) is 6.54 Å². The molecule has 0 aliphatic carbocycles. The Morgan fingerprint density at radius 1 is 1.00 bits per heavy atom. The molecule has 0 atom stereocenters. The lowest BCUT2D eigenvalue weighted by atomic mass is 10.3. The molecule has 0 N–H and O–H groups in total. The zero-order valence-electron chi connectivity index (χ0n) is 12.3. The summed E-state index contributed by atoms with van der Waals surface area (Å²) in [6, 6.07) is 14.9. The van der Waals surface area contributed by atoms with Gasteiger partial charge in [0.25, 0.3) is 0 Å². The highest BCUT2D eigenvalue weighted by atomic mass is 19.1. The topological polar surface area (TPSA) is 61.9 Å². The minimum Gasteiger partial charge on any atom is -0.494 e. The van der Waals surface area contributed by atoms with Crippen molar-refractivity contribution in [2.24, 2.45) is 0 Å². The number of para-hydroxylation sites is 1. The summed E-state index contributed by atoms with van der Waals surface area (Å²) < 4.78 is 20.8. The van der Waals surface area contributed by atoms with Crippen LogP contribution in [0.25, 0.3) is 5.69 Å². The zero-order valence-corrected chi connectivity index (χ0v) is 12.3. The van der Waals surface area contributed by atoms with E-state index in [1.54, 1.807) is 24.3 Å². The Morgan fingerprint density at radius 3 is 2.48 bits per heavy atom. The van der Waals surface area contributed by atoms with Gasteiger partial charge in [-0.25, -0.2) is 9.18 Å². The molecule has 0 unspecified atom stereocenters. The van der Waals surface area contributed by atoms with E-state index in [0.717, 1.165) is 0 Å². The van der Waals surface area contributed by atoms with Crippen molar-refractivity contribution >= 4 is 0 Å². The van der Waals surface area contributed by atoms with Crippen molar-refractivity contribution in [3.8, 4) is 11.4 Å². The van der Waals surface area contributed by atoms with Crippen molar-refractivity contribution in [1.29, 1.82) is 0 Å². The Balaban J connectivity index is 1.56. The first-order valence-corrected chi connectivity index (χ1v) is 7.21. The molecule has 6 nitrogen and oxygen atoms in total. The molecule has 3 aromatic rings. The lowest BCUT2D eigenvalue weighted by Gasteiger charge is -2.05. The fourth-order valence-electron chi connectivity index (χ4n) is 2.08. The number of tetrazole rings is 1. The van der Waals surface area contributed by atoms with Crippen LogP contribution < -0.4 is 10.4 Å². The van der Waals surface area contributed by atoms with Gasteiger partial charge in [0.15, 0.2) is 0 Å². The molecule has 0 spiro atoms. The van der Waals surface area contributed by atoms with Gasteiger partial charge in [-0.3, -0.25) is 0 Å². The summed E-state index contributed by atoms with van der Waals surface area (Å²) >= 11 is 0. The van der Waals surface area contributed by atoms with Gasteiger partial charge < -0.3 is 4.74 Å². The summed E-state index contributed by atoms with van der Waals surface area (Å²) in [4.78, 5) is 12.2. The van der Waals surface area contributed by atoms with E-state index >= 15 is 0 Å². The van der Waals surface area contributed by atoms with Crippen LogP contribution in [0.5, 0.6) is 5.75 Å². The van der Waals surface area contributed by atoms with Crippen LogP contribution in [0.1, 0.15) is 6.42 Å². The van der Waals surface area contributed by atoms with Crippen molar-refractivity contribution in [2.45, 2.75) is 13.0 Å². The number of ether oxygens (including phenoxy) is 1. The van der Waals surface area contributed by atoms with E-state index in [4.69, 9.17) is 4.74 Å². The van der Waals surface area contributed by atoms with Gasteiger partial charge in [0.1, 0.15) is 11.6 Å². The minimum absolute atomic E-state index is 0.294. The number of aromatic nitrogens is 4. The third-order valence-corrected chi connectivity index (χ3v) is 3.24. The van der Waals surface area contributed by atoms with Gasteiger partial charge in [0.2, 0.25) is 0 Å². The summed E-state index contributed by atoms with van der Waals surface area (Å²) in [5, 5.41) is 7.73. The van der Waals surface area contributed by atoms with Gasteiger partial charge in [-0.1, -0.05) is 18.2 Å². The molecule has 1 heterocycles. The highest BCUT2D eigenvalue weighted by Gasteiger charge is 2.08. The van der Waals surface area contributed by atoms with Crippen LogP contribution in [0.3, 0.4) is 0 Å². The van der Waals surface area contributed by atoms with E-state index in [0.29, 0.717) is 31.0 Å². The monoisotopic (exact) mass is 314 g/mol. The number of benzene rings is 2. The van der Waals surface area contributed by atoms with Gasteiger partial charge in [-0.05, 0) is 46.8 Å². The number of hydrogen-bond acceptors (Lipinski definition) is 4. The number of hydrogen-bond donors (Lipinski definition) is 0. The fourth-order valence-corrected chi connectivity index (χ4v) is 2.08. The second kappa shape index (κ2) is 6.87. The molecule has 0 radical (unpaired) electrons. The lowest BCUT2D eigenvalue weighted by molar-refractivity contribution is 0.296. The van der Waals surface area contributed by atoms with Gasteiger partial charge >= 0.3 is 5.69 Å². The van der Waals surface area contributed by atoms with Gasteiger partial charge in [-0.15, -0.1) is 0 Å². The Labute approximate surface area is 131 Å². The summed E-state index contributed by atoms with van der Waals surface area (Å²) in [5.74, 6) is 0.285. The normalized spacial score (nSPS) is 10.7. The third-order valence-electron chi connectivity index (χ3n) is 3.24. The summed E-state index contributed by atoms with van der Waals surface area (Å²) in [5.41, 5.74) is 0.379. The van der Waals surface area contributed by atoms with Crippen LogP contribution in [0, 0.1) is 5.82 Å². The fraction of sp³-hybridized carbons (Fsp3) is 0.188. The summed E-state index contributed by atoms with van der Waals surface area (Å²) in [7, 11) is 0. The van der Waals surface area contributed by atoms with Crippen molar-refractivity contribution in [2.75, 3.05) is 6.61 Å². The molecule has 118 valence electrons. The Hall–Kier alpha value is -2.96. The van der Waals surface area contributed by atoms with Gasteiger partial charge in [-0.2, -0.15) is 9.36 Å². The van der Waals surface area contributed by atoms with Crippen LogP contribution in [0.2, 0.25) is 0 Å². The summed E-state index contributed by atoms with van der Waals surface area (Å²) in [6.07, 6.45) is 0.588. The predicted octanol–water partition coefficient (Wildman–Crippen LogP) is 2.04. The van der Waals surface area contributed by atoms with Crippen molar-refractivity contribution in [1.82, 2.24) is 19.8 Å². The molecule has 1 aromatic heterocycles. The van der Waals surface area contributed by atoms with Crippen LogP contribution in [-0.4, -0.2) is 26.4 Å². The number of halogens is 1. The third kappa shape index (κ3) is 3.63. The quantitative estimate of drug-likeness (QED) is 0.653. The van der Waals surface area contributed by atoms with Crippen LogP contribution in [0.4, 0.5) is 4.39 Å². The van der Waals surface area contributed by atoms with Crippen molar-refractivity contribution < 1.29 is 9.13 Å². The van der Waals surface area contributed by atoms with E-state index in [1.165, 1.54) is 21.5 Å². The Morgan fingerprint density at radius 2 is 1.74 bits per heavy atom. The number of rotatable bonds is 6. The molecule has 3 rings (SSSR count). The molecule has 0 fully saturated rings. The maximum absolute atomic E-state index is 12.8. The van der Waals surface area contributed by atoms with Gasteiger partial charge in [0.05, 0.1) is 18.8 Å². The Bertz CT molecular complexity index is 812. The average molecular weight is 314 g/mol. The van der Waals surface area contributed by atoms with E-state index in [-0.39, 0.29) is 11.5 Å². The molecule has 0 aliphatic heterocycles. The second-order valence-electron chi connectivity index (χ2n) is 4.89. The molecule has 0 bridgehead atoms. The lowest BCUT2D eigenvalue weighted by Crippen LogP contribution is -2.25. The molecule has 7 heteroatoms. The molecule has 2 aromatic carbocycles. The minimum atomic E-state index is -0.304. The smallest absolute Gasteiger partial charge is 0.368 e. The van der Waals surface area contributed by atoms with E-state index in [9.17, 15) is 9.18 Å². The van der Waals surface area contributed by atoms with E-state index in [1.807, 2.05) is 18.2 Å². The van der Waals surface area contributed by atoms with E-state index in [2.05, 4.69) is 10.4 Å². The van der Waals surface area contributed by atoms with Crippen molar-refractivity contribution in [3.63, 3.8) is 0 Å². The number of aryl methyl sites for hydroxylation is 1. The van der Waals surface area contributed by atoms with Crippen molar-refractivity contribution in [3.05, 3.63) is 70.9 Å². The first-order chi connectivity index (χ1) is 11.2. The second-order valence-corrected chi connectivity index (χ2v) is 4.89. The standard InChI is InChI=1S/C16H15FN4O2/c17-13-7-9-15(10-8-13)23-12-4-11-20-16(22)21(19-18-20)14-5-2-1-3-6-14/h1-3,5-10H,4,11-12H2.